The third kappa shape index (κ3) is 3.54. The fourth-order valence-electron chi connectivity index (χ4n) is 3.09. The number of hydrazine groups is 1. The normalized spacial score (nSPS) is 17.1. The van der Waals surface area contributed by atoms with Gasteiger partial charge in [0.25, 0.3) is 0 Å². The molecule has 0 amide bonds. The molecule has 1 aliphatic heterocycles. The number of para-hydroxylation sites is 1. The van der Waals surface area contributed by atoms with Crippen LogP contribution in [0.1, 0.15) is 29.3 Å². The van der Waals surface area contributed by atoms with Gasteiger partial charge in [-0.2, -0.15) is 10.2 Å². The molecule has 0 aliphatic carbocycles. The lowest BCUT2D eigenvalue weighted by molar-refractivity contribution is 0.500. The van der Waals surface area contributed by atoms with Gasteiger partial charge in [-0.3, -0.25) is 4.98 Å². The lowest BCUT2D eigenvalue weighted by Crippen LogP contribution is -2.43. The first-order chi connectivity index (χ1) is 12.7. The van der Waals surface area contributed by atoms with Crippen molar-refractivity contribution in [3.63, 3.8) is 0 Å². The lowest BCUT2D eigenvalue weighted by Gasteiger charge is -2.33. The van der Waals surface area contributed by atoms with Crippen LogP contribution in [0.3, 0.4) is 0 Å². The Hall–Kier alpha value is -2.50. The molecule has 130 valence electrons. The molecule has 1 aromatic heterocycles. The maximum absolute atomic E-state index is 4.83. The van der Waals surface area contributed by atoms with Crippen molar-refractivity contribution in [1.29, 1.82) is 0 Å². The van der Waals surface area contributed by atoms with Crippen molar-refractivity contribution < 1.29 is 0 Å². The Kier molecular flexibility index (Phi) is 4.82. The van der Waals surface area contributed by atoms with Crippen molar-refractivity contribution in [2.45, 2.75) is 19.4 Å². The average Bonchev–Trinajstić information content (AvgIpc) is 2.69. The maximum Gasteiger partial charge on any atom is 0.0921 e. The number of hydrogen-bond acceptors (Lipinski definition) is 4. The van der Waals surface area contributed by atoms with E-state index in [0.717, 1.165) is 28.0 Å². The number of nitrogens with one attached hydrogen (secondary N) is 1. The minimum Gasteiger partial charge on any atom is -0.255 e. The zero-order chi connectivity index (χ0) is 17.9. The van der Waals surface area contributed by atoms with E-state index in [1.165, 1.54) is 11.1 Å². The molecule has 1 atom stereocenters. The third-order valence-electron chi connectivity index (χ3n) is 4.38. The standard InChI is InChI=1S/C21H19BrN4/c1-15-7-6-8-16(13-15)19-14-20(18-10-4-5-12-23-18)25-26(24-19)21-11-3-2-9-17(21)22/h2-13,19,24H,14H2,1H3. The molecule has 4 nitrogen and oxygen atoms in total. The van der Waals surface area contributed by atoms with E-state index in [1.54, 1.807) is 0 Å². The molecule has 4 rings (SSSR count). The highest BCUT2D eigenvalue weighted by atomic mass is 79.9. The minimum atomic E-state index is 0.122. The van der Waals surface area contributed by atoms with Crippen molar-refractivity contribution in [2.24, 2.45) is 5.10 Å². The number of nitrogens with zero attached hydrogens (tertiary/aromatic N) is 3. The molecular weight excluding hydrogens is 388 g/mol. The first-order valence-corrected chi connectivity index (χ1v) is 9.36. The van der Waals surface area contributed by atoms with E-state index in [2.05, 4.69) is 57.5 Å². The Labute approximate surface area is 161 Å². The molecule has 26 heavy (non-hydrogen) atoms. The smallest absolute Gasteiger partial charge is 0.0921 e. The molecule has 0 saturated heterocycles. The zero-order valence-corrected chi connectivity index (χ0v) is 16.0. The van der Waals surface area contributed by atoms with Crippen LogP contribution >= 0.6 is 15.9 Å². The number of halogens is 1. The molecule has 3 aromatic rings. The fourth-order valence-corrected chi connectivity index (χ4v) is 3.55. The van der Waals surface area contributed by atoms with Crippen LogP contribution in [0.5, 0.6) is 0 Å². The van der Waals surface area contributed by atoms with Crippen molar-refractivity contribution in [3.8, 4) is 0 Å². The van der Waals surface area contributed by atoms with Crippen LogP contribution in [-0.4, -0.2) is 10.7 Å². The van der Waals surface area contributed by atoms with Gasteiger partial charge in [-0.15, -0.1) is 0 Å². The summed E-state index contributed by atoms with van der Waals surface area (Å²) < 4.78 is 0.988. The van der Waals surface area contributed by atoms with Gasteiger partial charge in [-0.25, -0.2) is 5.43 Å². The fraction of sp³-hybridized carbons (Fsp3) is 0.143. The lowest BCUT2D eigenvalue weighted by atomic mass is 9.98. The summed E-state index contributed by atoms with van der Waals surface area (Å²) in [6, 6.07) is 22.7. The van der Waals surface area contributed by atoms with E-state index in [0.29, 0.717) is 0 Å². The first kappa shape index (κ1) is 16.9. The number of hydrazone groups is 1. The van der Waals surface area contributed by atoms with Gasteiger partial charge in [0, 0.05) is 17.1 Å². The number of pyridine rings is 1. The van der Waals surface area contributed by atoms with Crippen LogP contribution in [0, 0.1) is 6.92 Å². The van der Waals surface area contributed by atoms with Crippen LogP contribution in [-0.2, 0) is 0 Å². The maximum atomic E-state index is 4.83. The molecule has 2 heterocycles. The molecular formula is C21H19BrN4. The largest absolute Gasteiger partial charge is 0.255 e. The van der Waals surface area contributed by atoms with Gasteiger partial charge in [0.2, 0.25) is 0 Å². The minimum absolute atomic E-state index is 0.122. The third-order valence-corrected chi connectivity index (χ3v) is 5.05. The highest BCUT2D eigenvalue weighted by Crippen LogP contribution is 2.31. The van der Waals surface area contributed by atoms with Gasteiger partial charge in [0.05, 0.1) is 23.1 Å². The second-order valence-electron chi connectivity index (χ2n) is 6.32. The van der Waals surface area contributed by atoms with E-state index in [9.17, 15) is 0 Å². The SMILES string of the molecule is Cc1cccc(C2CC(c3ccccn3)=NN(c3ccccc3Br)N2)c1. The van der Waals surface area contributed by atoms with Crippen LogP contribution in [0.15, 0.2) is 82.5 Å². The summed E-state index contributed by atoms with van der Waals surface area (Å²) in [7, 11) is 0. The van der Waals surface area contributed by atoms with Crippen LogP contribution in [0.4, 0.5) is 5.69 Å². The second-order valence-corrected chi connectivity index (χ2v) is 7.18. The van der Waals surface area contributed by atoms with Crippen molar-refractivity contribution in [3.05, 3.63) is 94.2 Å². The molecule has 0 bridgehead atoms. The summed E-state index contributed by atoms with van der Waals surface area (Å²) in [5, 5.41) is 6.68. The van der Waals surface area contributed by atoms with Gasteiger partial charge >= 0.3 is 0 Å². The molecule has 0 saturated carbocycles. The predicted octanol–water partition coefficient (Wildman–Crippen LogP) is 5.01. The Morgan fingerprint density at radius 3 is 2.65 bits per heavy atom. The first-order valence-electron chi connectivity index (χ1n) is 8.57. The van der Waals surface area contributed by atoms with E-state index in [-0.39, 0.29) is 6.04 Å². The predicted molar refractivity (Wildman–Crippen MR) is 109 cm³/mol. The highest BCUT2D eigenvalue weighted by molar-refractivity contribution is 9.10. The Balaban J connectivity index is 1.76. The van der Waals surface area contributed by atoms with Gasteiger partial charge in [0.15, 0.2) is 0 Å². The topological polar surface area (TPSA) is 40.5 Å². The zero-order valence-electron chi connectivity index (χ0n) is 14.4. The summed E-state index contributed by atoms with van der Waals surface area (Å²) in [6.07, 6.45) is 2.59. The van der Waals surface area contributed by atoms with Gasteiger partial charge in [-0.05, 0) is 52.7 Å². The highest BCUT2D eigenvalue weighted by Gasteiger charge is 2.26. The van der Waals surface area contributed by atoms with Crippen LogP contribution in [0.25, 0.3) is 0 Å². The summed E-state index contributed by atoms with van der Waals surface area (Å²) in [5.41, 5.74) is 8.87. The monoisotopic (exact) mass is 406 g/mol. The van der Waals surface area contributed by atoms with Crippen molar-refractivity contribution in [1.82, 2.24) is 10.4 Å². The quantitative estimate of drug-likeness (QED) is 0.664. The molecule has 5 heteroatoms. The molecule has 0 fully saturated rings. The van der Waals surface area contributed by atoms with E-state index < -0.39 is 0 Å². The van der Waals surface area contributed by atoms with E-state index in [4.69, 9.17) is 5.10 Å². The van der Waals surface area contributed by atoms with E-state index in [1.807, 2.05) is 53.8 Å². The summed E-state index contributed by atoms with van der Waals surface area (Å²) >= 11 is 3.63. The molecule has 0 radical (unpaired) electrons. The number of hydrogen-bond donors (Lipinski definition) is 1. The van der Waals surface area contributed by atoms with Crippen LogP contribution < -0.4 is 10.5 Å². The molecule has 1 N–H and O–H groups in total. The number of aromatic nitrogens is 1. The molecule has 0 spiro atoms. The van der Waals surface area contributed by atoms with Crippen molar-refractivity contribution in [2.75, 3.05) is 5.12 Å². The Morgan fingerprint density at radius 1 is 1.04 bits per heavy atom. The summed E-state index contributed by atoms with van der Waals surface area (Å²) in [4.78, 5) is 4.50. The summed E-state index contributed by atoms with van der Waals surface area (Å²) in [6.45, 7) is 2.12. The van der Waals surface area contributed by atoms with E-state index >= 15 is 0 Å². The number of anilines is 1. The van der Waals surface area contributed by atoms with Gasteiger partial charge < -0.3 is 0 Å². The number of rotatable bonds is 3. The second kappa shape index (κ2) is 7.40. The van der Waals surface area contributed by atoms with Gasteiger partial charge in [0.1, 0.15) is 0 Å². The molecule has 1 aliphatic rings. The van der Waals surface area contributed by atoms with Crippen molar-refractivity contribution >= 4 is 27.3 Å². The number of benzene rings is 2. The number of aryl methyl sites for hydroxylation is 1. The Morgan fingerprint density at radius 2 is 1.88 bits per heavy atom. The van der Waals surface area contributed by atoms with Gasteiger partial charge in [-0.1, -0.05) is 48.0 Å². The Bertz CT molecular complexity index is 940. The molecule has 2 aromatic carbocycles. The average molecular weight is 407 g/mol. The molecule has 1 unspecified atom stereocenters. The summed E-state index contributed by atoms with van der Waals surface area (Å²) in [5.74, 6) is 0. The van der Waals surface area contributed by atoms with Crippen LogP contribution in [0.2, 0.25) is 0 Å².